The molecule has 2 N–H and O–H groups in total. The summed E-state index contributed by atoms with van der Waals surface area (Å²) in [6, 6.07) is 21.5. The Morgan fingerprint density at radius 1 is 1.03 bits per heavy atom. The molecular formula is C26H26N4O2. The zero-order valence-corrected chi connectivity index (χ0v) is 17.8. The number of pyridine rings is 1. The van der Waals surface area contributed by atoms with E-state index in [4.69, 9.17) is 4.84 Å². The van der Waals surface area contributed by atoms with Crippen LogP contribution in [0.3, 0.4) is 0 Å². The van der Waals surface area contributed by atoms with Gasteiger partial charge in [-0.15, -0.1) is 0 Å². The second-order valence-corrected chi connectivity index (χ2v) is 8.10. The van der Waals surface area contributed by atoms with Crippen molar-refractivity contribution < 1.29 is 9.63 Å². The molecule has 0 bridgehead atoms. The minimum Gasteiger partial charge on any atom is -0.317 e. The lowest BCUT2D eigenvalue weighted by atomic mass is 9.89. The second-order valence-electron chi connectivity index (χ2n) is 8.10. The molecule has 1 aliphatic heterocycles. The summed E-state index contributed by atoms with van der Waals surface area (Å²) >= 11 is 0. The Morgan fingerprint density at radius 3 is 2.59 bits per heavy atom. The maximum atomic E-state index is 12.4. The minimum absolute atomic E-state index is 0.267. The monoisotopic (exact) mass is 426 g/mol. The standard InChI is InChI=1S/C26H26N4O2/c31-26(29-32-18-19-4-2-1-3-5-19)21-6-8-22(9-7-21)30-17-13-24-23(12-16-28-25(24)30)20-10-14-27-15-11-20/h1-9,12-13,16-17,20,27H,10-11,14-15,18H2,(H,29,31). The lowest BCUT2D eigenvalue weighted by Crippen LogP contribution is -2.26. The van der Waals surface area contributed by atoms with Gasteiger partial charge in [0, 0.05) is 29.0 Å². The summed E-state index contributed by atoms with van der Waals surface area (Å²) in [5.74, 6) is 0.302. The number of nitrogens with zero attached hydrogens (tertiary/aromatic N) is 2. The van der Waals surface area contributed by atoms with Gasteiger partial charge < -0.3 is 9.88 Å². The Morgan fingerprint density at radius 2 is 1.81 bits per heavy atom. The quantitative estimate of drug-likeness (QED) is 0.450. The highest BCUT2D eigenvalue weighted by molar-refractivity contribution is 5.93. The van der Waals surface area contributed by atoms with E-state index in [1.165, 1.54) is 10.9 Å². The van der Waals surface area contributed by atoms with Crippen LogP contribution in [0.25, 0.3) is 16.7 Å². The van der Waals surface area contributed by atoms with Gasteiger partial charge in [-0.25, -0.2) is 10.5 Å². The van der Waals surface area contributed by atoms with Gasteiger partial charge >= 0.3 is 0 Å². The number of amides is 1. The van der Waals surface area contributed by atoms with Crippen molar-refractivity contribution in [2.75, 3.05) is 13.1 Å². The number of nitrogens with one attached hydrogen (secondary N) is 2. The predicted octanol–water partition coefficient (Wildman–Crippen LogP) is 4.35. The number of aromatic nitrogens is 2. The van der Waals surface area contributed by atoms with Crippen LogP contribution in [0.1, 0.15) is 40.2 Å². The molecule has 0 unspecified atom stereocenters. The first-order valence-corrected chi connectivity index (χ1v) is 11.0. The lowest BCUT2D eigenvalue weighted by molar-refractivity contribution is 0.0233. The summed E-state index contributed by atoms with van der Waals surface area (Å²) in [5.41, 5.74) is 7.35. The van der Waals surface area contributed by atoms with E-state index in [-0.39, 0.29) is 5.91 Å². The Hall–Kier alpha value is -3.48. The van der Waals surface area contributed by atoms with E-state index in [1.54, 1.807) is 12.1 Å². The molecule has 1 saturated heterocycles. The van der Waals surface area contributed by atoms with Crippen LogP contribution in [0, 0.1) is 0 Å². The molecule has 1 fully saturated rings. The number of hydrogen-bond acceptors (Lipinski definition) is 4. The fourth-order valence-corrected chi connectivity index (χ4v) is 4.35. The molecule has 2 aromatic carbocycles. The van der Waals surface area contributed by atoms with Crippen molar-refractivity contribution in [2.45, 2.75) is 25.4 Å². The van der Waals surface area contributed by atoms with Crippen LogP contribution in [-0.4, -0.2) is 28.5 Å². The molecule has 6 nitrogen and oxygen atoms in total. The van der Waals surface area contributed by atoms with Crippen LogP contribution in [0.5, 0.6) is 0 Å². The summed E-state index contributed by atoms with van der Waals surface area (Å²) in [4.78, 5) is 22.4. The van der Waals surface area contributed by atoms with Crippen molar-refractivity contribution in [3.8, 4) is 5.69 Å². The molecular weight excluding hydrogens is 400 g/mol. The first-order valence-electron chi connectivity index (χ1n) is 11.0. The molecule has 2 aromatic heterocycles. The van der Waals surface area contributed by atoms with Gasteiger partial charge in [-0.05, 0) is 79.4 Å². The third kappa shape index (κ3) is 4.28. The molecule has 0 saturated carbocycles. The number of carbonyl (C=O) groups excluding carboxylic acids is 1. The number of hydroxylamine groups is 1. The normalized spacial score (nSPS) is 14.5. The van der Waals surface area contributed by atoms with Gasteiger partial charge in [0.1, 0.15) is 5.65 Å². The average Bonchev–Trinajstić information content (AvgIpc) is 3.30. The first-order chi connectivity index (χ1) is 15.8. The van der Waals surface area contributed by atoms with Crippen molar-refractivity contribution in [3.05, 3.63) is 95.8 Å². The third-order valence-corrected chi connectivity index (χ3v) is 6.05. The van der Waals surface area contributed by atoms with Gasteiger partial charge in [0.25, 0.3) is 5.91 Å². The van der Waals surface area contributed by atoms with Gasteiger partial charge in [-0.2, -0.15) is 0 Å². The average molecular weight is 427 g/mol. The predicted molar refractivity (Wildman–Crippen MR) is 125 cm³/mol. The zero-order chi connectivity index (χ0) is 21.8. The van der Waals surface area contributed by atoms with Crippen molar-refractivity contribution in [1.29, 1.82) is 0 Å². The lowest BCUT2D eigenvalue weighted by Gasteiger charge is -2.23. The van der Waals surface area contributed by atoms with E-state index < -0.39 is 0 Å². The maximum Gasteiger partial charge on any atom is 0.274 e. The van der Waals surface area contributed by atoms with Gasteiger partial charge in [-0.3, -0.25) is 9.63 Å². The van der Waals surface area contributed by atoms with Crippen molar-refractivity contribution in [3.63, 3.8) is 0 Å². The van der Waals surface area contributed by atoms with Crippen molar-refractivity contribution >= 4 is 16.9 Å². The number of carbonyl (C=O) groups is 1. The molecule has 32 heavy (non-hydrogen) atoms. The Balaban J connectivity index is 1.30. The Labute approximate surface area is 187 Å². The van der Waals surface area contributed by atoms with Crippen LogP contribution >= 0.6 is 0 Å². The first kappa shape index (κ1) is 20.4. The molecule has 0 radical (unpaired) electrons. The van der Waals surface area contributed by atoms with Crippen molar-refractivity contribution in [1.82, 2.24) is 20.3 Å². The summed E-state index contributed by atoms with van der Waals surface area (Å²) in [5, 5.41) is 4.64. The molecule has 4 aromatic rings. The molecule has 162 valence electrons. The van der Waals surface area contributed by atoms with E-state index in [9.17, 15) is 4.79 Å². The number of rotatable bonds is 6. The number of benzene rings is 2. The second kappa shape index (κ2) is 9.34. The smallest absolute Gasteiger partial charge is 0.274 e. The van der Waals surface area contributed by atoms with E-state index in [2.05, 4.69) is 38.7 Å². The highest BCUT2D eigenvalue weighted by Crippen LogP contribution is 2.32. The molecule has 0 aliphatic carbocycles. The minimum atomic E-state index is -0.267. The Kier molecular flexibility index (Phi) is 5.96. The van der Waals surface area contributed by atoms with Gasteiger partial charge in [0.15, 0.2) is 0 Å². The highest BCUT2D eigenvalue weighted by Gasteiger charge is 2.19. The summed E-state index contributed by atoms with van der Waals surface area (Å²) in [6.07, 6.45) is 6.27. The van der Waals surface area contributed by atoms with Crippen LogP contribution in [0.15, 0.2) is 79.1 Å². The molecule has 3 heterocycles. The van der Waals surface area contributed by atoms with Crippen molar-refractivity contribution in [2.24, 2.45) is 0 Å². The van der Waals surface area contributed by atoms with E-state index in [0.29, 0.717) is 18.1 Å². The number of piperidine rings is 1. The van der Waals surface area contributed by atoms with E-state index in [0.717, 1.165) is 42.8 Å². The van der Waals surface area contributed by atoms with E-state index >= 15 is 0 Å². The summed E-state index contributed by atoms with van der Waals surface area (Å²) in [7, 11) is 0. The molecule has 1 amide bonds. The molecule has 0 atom stereocenters. The highest BCUT2D eigenvalue weighted by atomic mass is 16.6. The molecule has 5 rings (SSSR count). The largest absolute Gasteiger partial charge is 0.317 e. The van der Waals surface area contributed by atoms with Gasteiger partial charge in [0.2, 0.25) is 0 Å². The van der Waals surface area contributed by atoms with Crippen LogP contribution in [-0.2, 0) is 11.4 Å². The number of fused-ring (bicyclic) bond motifs is 1. The SMILES string of the molecule is O=C(NOCc1ccccc1)c1ccc(-n2ccc3c(C4CCNCC4)ccnc32)cc1. The van der Waals surface area contributed by atoms with Crippen LogP contribution < -0.4 is 10.8 Å². The van der Waals surface area contributed by atoms with E-state index in [1.807, 2.05) is 48.7 Å². The fraction of sp³-hybridized carbons (Fsp3) is 0.231. The fourth-order valence-electron chi connectivity index (χ4n) is 4.35. The maximum absolute atomic E-state index is 12.4. The summed E-state index contributed by atoms with van der Waals surface area (Å²) in [6.45, 7) is 2.45. The topological polar surface area (TPSA) is 68.2 Å². The third-order valence-electron chi connectivity index (χ3n) is 6.05. The molecule has 6 heteroatoms. The van der Waals surface area contributed by atoms with Crippen LogP contribution in [0.4, 0.5) is 0 Å². The zero-order valence-electron chi connectivity index (χ0n) is 17.8. The van der Waals surface area contributed by atoms with Gasteiger partial charge in [0.05, 0.1) is 6.61 Å². The number of hydrogen-bond donors (Lipinski definition) is 2. The van der Waals surface area contributed by atoms with Crippen LogP contribution in [0.2, 0.25) is 0 Å². The Bertz CT molecular complexity index is 1200. The van der Waals surface area contributed by atoms with Gasteiger partial charge in [-0.1, -0.05) is 30.3 Å². The molecule has 0 spiro atoms. The summed E-state index contributed by atoms with van der Waals surface area (Å²) < 4.78 is 2.08. The molecule has 1 aliphatic rings.